The highest BCUT2D eigenvalue weighted by Gasteiger charge is 2.36. The molecular formula is C15H22FNO. The van der Waals surface area contributed by atoms with Gasteiger partial charge in [0.15, 0.2) is 0 Å². The molecule has 100 valence electrons. The van der Waals surface area contributed by atoms with E-state index >= 15 is 0 Å². The molecule has 1 N–H and O–H groups in total. The van der Waals surface area contributed by atoms with Crippen molar-refractivity contribution in [2.24, 2.45) is 0 Å². The van der Waals surface area contributed by atoms with Gasteiger partial charge in [-0.15, -0.1) is 0 Å². The minimum atomic E-state index is -0.115. The Labute approximate surface area is 109 Å². The smallest absolute Gasteiger partial charge is 0.126 e. The number of rotatable bonds is 6. The monoisotopic (exact) mass is 251 g/mol. The van der Waals surface area contributed by atoms with E-state index in [0.717, 1.165) is 24.9 Å². The van der Waals surface area contributed by atoms with Crippen LogP contribution in [0.15, 0.2) is 24.3 Å². The van der Waals surface area contributed by atoms with E-state index in [4.69, 9.17) is 4.74 Å². The van der Waals surface area contributed by atoms with Gasteiger partial charge in [-0.1, -0.05) is 18.2 Å². The Hall–Kier alpha value is -0.930. The topological polar surface area (TPSA) is 21.3 Å². The molecule has 1 fully saturated rings. The van der Waals surface area contributed by atoms with Gasteiger partial charge in [-0.2, -0.15) is 0 Å². The van der Waals surface area contributed by atoms with E-state index in [2.05, 4.69) is 12.2 Å². The standard InChI is InChI=1S/C15H22FNO/c1-12(10-13-6-3-4-7-14(13)16)17-11-15(18-2)8-5-9-15/h3-4,6-7,12,17H,5,8-11H2,1-2H3. The summed E-state index contributed by atoms with van der Waals surface area (Å²) in [5.41, 5.74) is 0.807. The van der Waals surface area contributed by atoms with Gasteiger partial charge in [0, 0.05) is 19.7 Å². The number of halogens is 1. The van der Waals surface area contributed by atoms with Crippen molar-refractivity contribution >= 4 is 0 Å². The molecule has 0 bridgehead atoms. The van der Waals surface area contributed by atoms with Gasteiger partial charge in [-0.25, -0.2) is 4.39 Å². The van der Waals surface area contributed by atoms with Crippen molar-refractivity contribution in [3.05, 3.63) is 35.6 Å². The molecule has 1 aliphatic rings. The molecule has 0 spiro atoms. The summed E-state index contributed by atoms with van der Waals surface area (Å²) in [6, 6.07) is 7.24. The molecule has 0 amide bonds. The third-order valence-corrected chi connectivity index (χ3v) is 3.95. The number of nitrogens with one attached hydrogen (secondary N) is 1. The highest BCUT2D eigenvalue weighted by molar-refractivity contribution is 5.18. The predicted octanol–water partition coefficient (Wildman–Crippen LogP) is 2.92. The first-order valence-corrected chi connectivity index (χ1v) is 6.67. The Morgan fingerprint density at radius 3 is 2.67 bits per heavy atom. The van der Waals surface area contributed by atoms with E-state index in [9.17, 15) is 4.39 Å². The van der Waals surface area contributed by atoms with Gasteiger partial charge in [0.05, 0.1) is 5.60 Å². The summed E-state index contributed by atoms with van der Waals surface area (Å²) in [4.78, 5) is 0. The summed E-state index contributed by atoms with van der Waals surface area (Å²) in [5.74, 6) is -0.115. The number of methoxy groups -OCH3 is 1. The number of hydrogen-bond donors (Lipinski definition) is 1. The molecule has 0 saturated heterocycles. The van der Waals surface area contributed by atoms with E-state index in [1.165, 1.54) is 12.5 Å². The molecule has 1 atom stereocenters. The Kier molecular flexibility index (Phi) is 4.36. The lowest BCUT2D eigenvalue weighted by molar-refractivity contribution is -0.0705. The van der Waals surface area contributed by atoms with Crippen LogP contribution in [0.25, 0.3) is 0 Å². The predicted molar refractivity (Wildman–Crippen MR) is 71.2 cm³/mol. The van der Waals surface area contributed by atoms with Crippen molar-refractivity contribution in [2.45, 2.75) is 44.2 Å². The van der Waals surface area contributed by atoms with Crippen LogP contribution < -0.4 is 5.32 Å². The lowest BCUT2D eigenvalue weighted by Gasteiger charge is -2.41. The first-order valence-electron chi connectivity index (χ1n) is 6.67. The molecular weight excluding hydrogens is 229 g/mol. The fraction of sp³-hybridized carbons (Fsp3) is 0.600. The van der Waals surface area contributed by atoms with Crippen LogP contribution in [-0.2, 0) is 11.2 Å². The molecule has 2 rings (SSSR count). The first kappa shape index (κ1) is 13.5. The van der Waals surface area contributed by atoms with E-state index in [1.54, 1.807) is 13.2 Å². The molecule has 1 aromatic rings. The molecule has 0 aromatic heterocycles. The van der Waals surface area contributed by atoms with Gasteiger partial charge < -0.3 is 10.1 Å². The molecule has 0 aliphatic heterocycles. The molecule has 3 heteroatoms. The lowest BCUT2D eigenvalue weighted by Crippen LogP contribution is -2.50. The fourth-order valence-corrected chi connectivity index (χ4v) is 2.45. The SMILES string of the molecule is COC1(CNC(C)Cc2ccccc2F)CCC1. The number of hydrogen-bond acceptors (Lipinski definition) is 2. The molecule has 1 aliphatic carbocycles. The van der Waals surface area contributed by atoms with Crippen LogP contribution >= 0.6 is 0 Å². The molecule has 2 nitrogen and oxygen atoms in total. The highest BCUT2D eigenvalue weighted by atomic mass is 19.1. The quantitative estimate of drug-likeness (QED) is 0.839. The maximum atomic E-state index is 13.5. The van der Waals surface area contributed by atoms with Gasteiger partial charge in [-0.3, -0.25) is 0 Å². The van der Waals surface area contributed by atoms with Crippen molar-refractivity contribution in [1.29, 1.82) is 0 Å². The molecule has 1 unspecified atom stereocenters. The third-order valence-electron chi connectivity index (χ3n) is 3.95. The van der Waals surface area contributed by atoms with Crippen molar-refractivity contribution in [1.82, 2.24) is 5.32 Å². The summed E-state index contributed by atoms with van der Waals surface area (Å²) in [7, 11) is 1.78. The molecule has 18 heavy (non-hydrogen) atoms. The first-order chi connectivity index (χ1) is 8.65. The molecule has 1 saturated carbocycles. The van der Waals surface area contributed by atoms with Gasteiger partial charge in [-0.05, 0) is 44.2 Å². The summed E-state index contributed by atoms with van der Waals surface area (Å²) in [6.45, 7) is 2.95. The van der Waals surface area contributed by atoms with Crippen LogP contribution in [0.1, 0.15) is 31.7 Å². The second-order valence-electron chi connectivity index (χ2n) is 5.32. The Morgan fingerprint density at radius 2 is 2.11 bits per heavy atom. The van der Waals surface area contributed by atoms with Gasteiger partial charge in [0.25, 0.3) is 0 Å². The maximum Gasteiger partial charge on any atom is 0.126 e. The van der Waals surface area contributed by atoms with Crippen LogP contribution in [0.3, 0.4) is 0 Å². The zero-order valence-electron chi connectivity index (χ0n) is 11.2. The maximum absolute atomic E-state index is 13.5. The summed E-state index contributed by atoms with van der Waals surface area (Å²) < 4.78 is 19.1. The lowest BCUT2D eigenvalue weighted by atomic mass is 9.80. The number of benzene rings is 1. The van der Waals surface area contributed by atoms with Crippen LogP contribution in [0.5, 0.6) is 0 Å². The summed E-state index contributed by atoms with van der Waals surface area (Å²) >= 11 is 0. The highest BCUT2D eigenvalue weighted by Crippen LogP contribution is 2.34. The van der Waals surface area contributed by atoms with Crippen LogP contribution in [0.4, 0.5) is 4.39 Å². The molecule has 0 radical (unpaired) electrons. The van der Waals surface area contributed by atoms with E-state index < -0.39 is 0 Å². The van der Waals surface area contributed by atoms with Crippen LogP contribution in [0.2, 0.25) is 0 Å². The van der Waals surface area contributed by atoms with Gasteiger partial charge >= 0.3 is 0 Å². The van der Waals surface area contributed by atoms with Crippen LogP contribution in [-0.4, -0.2) is 25.3 Å². The molecule has 1 aromatic carbocycles. The van der Waals surface area contributed by atoms with E-state index in [-0.39, 0.29) is 17.5 Å². The Balaban J connectivity index is 1.82. The van der Waals surface area contributed by atoms with Crippen molar-refractivity contribution in [2.75, 3.05) is 13.7 Å². The minimum absolute atomic E-state index is 0.0312. The Morgan fingerprint density at radius 1 is 1.39 bits per heavy atom. The molecule has 0 heterocycles. The summed E-state index contributed by atoms with van der Waals surface area (Å²) in [5, 5.41) is 3.46. The fourth-order valence-electron chi connectivity index (χ4n) is 2.45. The minimum Gasteiger partial charge on any atom is -0.377 e. The van der Waals surface area contributed by atoms with Gasteiger partial charge in [0.2, 0.25) is 0 Å². The zero-order valence-corrected chi connectivity index (χ0v) is 11.2. The van der Waals surface area contributed by atoms with Crippen molar-refractivity contribution in [3.8, 4) is 0 Å². The van der Waals surface area contributed by atoms with Crippen LogP contribution in [0, 0.1) is 5.82 Å². The second-order valence-corrected chi connectivity index (χ2v) is 5.32. The normalized spacial score (nSPS) is 19.3. The van der Waals surface area contributed by atoms with E-state index in [1.807, 2.05) is 12.1 Å². The largest absolute Gasteiger partial charge is 0.377 e. The third kappa shape index (κ3) is 3.09. The van der Waals surface area contributed by atoms with Crippen molar-refractivity contribution in [3.63, 3.8) is 0 Å². The zero-order chi connectivity index (χ0) is 13.0. The second kappa shape index (κ2) is 5.81. The summed E-state index contributed by atoms with van der Waals surface area (Å²) in [6.07, 6.45) is 4.22. The van der Waals surface area contributed by atoms with Crippen molar-refractivity contribution < 1.29 is 9.13 Å². The van der Waals surface area contributed by atoms with Gasteiger partial charge in [0.1, 0.15) is 5.82 Å². The average Bonchev–Trinajstić information content (AvgIpc) is 2.31. The Bertz CT molecular complexity index is 384. The van der Waals surface area contributed by atoms with E-state index in [0.29, 0.717) is 6.42 Å². The average molecular weight is 251 g/mol. The number of ether oxygens (including phenoxy) is 1.